The SMILES string of the molecule is COc1ccc(N2CC(C(=O)NCCn3ncc4c(=O)n(Cc5ccc([N+](=O)[O-])cc5)cnc43)CC2=O)cc1. The molecule has 1 aliphatic heterocycles. The Hall–Kier alpha value is -5.07. The zero-order chi connectivity index (χ0) is 27.5. The zero-order valence-corrected chi connectivity index (χ0v) is 21.0. The minimum absolute atomic E-state index is 0.0258. The maximum Gasteiger partial charge on any atom is 0.269 e. The van der Waals surface area contributed by atoms with Gasteiger partial charge in [0.15, 0.2) is 5.65 Å². The normalized spacial score (nSPS) is 15.1. The lowest BCUT2D eigenvalue weighted by Gasteiger charge is -2.17. The number of benzene rings is 2. The third-order valence-corrected chi connectivity index (χ3v) is 6.63. The summed E-state index contributed by atoms with van der Waals surface area (Å²) in [6.45, 7) is 1.03. The molecule has 39 heavy (non-hydrogen) atoms. The second-order valence-corrected chi connectivity index (χ2v) is 9.10. The number of nitrogens with zero attached hydrogens (tertiary/aromatic N) is 6. The van der Waals surface area contributed by atoms with E-state index in [2.05, 4.69) is 15.4 Å². The van der Waals surface area contributed by atoms with Crippen molar-refractivity contribution in [3.63, 3.8) is 0 Å². The molecule has 1 saturated heterocycles. The number of non-ortho nitro benzene ring substituents is 1. The van der Waals surface area contributed by atoms with E-state index in [9.17, 15) is 24.5 Å². The van der Waals surface area contributed by atoms with E-state index in [0.717, 1.165) is 5.56 Å². The summed E-state index contributed by atoms with van der Waals surface area (Å²) in [6, 6.07) is 13.1. The molecule has 13 nitrogen and oxygen atoms in total. The summed E-state index contributed by atoms with van der Waals surface area (Å²) in [5.74, 6) is -0.135. The van der Waals surface area contributed by atoms with Crippen molar-refractivity contribution in [1.29, 1.82) is 0 Å². The van der Waals surface area contributed by atoms with Crippen LogP contribution in [0.2, 0.25) is 0 Å². The Morgan fingerprint density at radius 3 is 2.59 bits per heavy atom. The number of nitro groups is 1. The fraction of sp³-hybridized carbons (Fsp3) is 0.269. The lowest BCUT2D eigenvalue weighted by Crippen LogP contribution is -2.35. The van der Waals surface area contributed by atoms with Crippen molar-refractivity contribution in [3.8, 4) is 5.75 Å². The Bertz CT molecular complexity index is 1590. The van der Waals surface area contributed by atoms with Gasteiger partial charge in [-0.3, -0.25) is 29.1 Å². The van der Waals surface area contributed by atoms with Gasteiger partial charge in [-0.2, -0.15) is 5.10 Å². The summed E-state index contributed by atoms with van der Waals surface area (Å²) in [5, 5.41) is 18.3. The molecule has 0 aliphatic carbocycles. The van der Waals surface area contributed by atoms with Crippen molar-refractivity contribution in [2.45, 2.75) is 19.5 Å². The predicted octanol–water partition coefficient (Wildman–Crippen LogP) is 1.73. The number of nitro benzene ring substituents is 1. The summed E-state index contributed by atoms with van der Waals surface area (Å²) >= 11 is 0. The maximum absolute atomic E-state index is 12.9. The van der Waals surface area contributed by atoms with Gasteiger partial charge in [-0.25, -0.2) is 9.67 Å². The largest absolute Gasteiger partial charge is 0.497 e. The maximum atomic E-state index is 12.9. The minimum atomic E-state index is -0.481. The van der Waals surface area contributed by atoms with E-state index in [1.165, 1.54) is 33.9 Å². The van der Waals surface area contributed by atoms with Crippen LogP contribution >= 0.6 is 0 Å². The van der Waals surface area contributed by atoms with E-state index in [4.69, 9.17) is 4.74 Å². The molecule has 3 heterocycles. The molecule has 13 heteroatoms. The van der Waals surface area contributed by atoms with Crippen molar-refractivity contribution in [2.24, 2.45) is 5.92 Å². The molecule has 1 unspecified atom stereocenters. The Morgan fingerprint density at radius 2 is 1.90 bits per heavy atom. The summed E-state index contributed by atoms with van der Waals surface area (Å²) in [4.78, 5) is 54.5. The van der Waals surface area contributed by atoms with Gasteiger partial charge < -0.3 is 15.0 Å². The molecule has 4 aromatic rings. The lowest BCUT2D eigenvalue weighted by molar-refractivity contribution is -0.384. The number of hydrogen-bond donors (Lipinski definition) is 1. The molecule has 1 N–H and O–H groups in total. The molecule has 5 rings (SSSR count). The molecule has 1 atom stereocenters. The average Bonchev–Trinajstić information content (AvgIpc) is 3.54. The number of amides is 2. The van der Waals surface area contributed by atoms with Gasteiger partial charge in [0, 0.05) is 37.3 Å². The summed E-state index contributed by atoms with van der Waals surface area (Å²) in [6.07, 6.45) is 2.96. The standard InChI is InChI=1S/C26H25N7O6/c1-39-21-8-6-19(7-9-21)31-15-18(12-23(31)34)25(35)27-10-11-32-24-22(13-29-32)26(36)30(16-28-24)14-17-2-4-20(5-3-17)33(37)38/h2-9,13,16,18H,10-12,14-15H2,1H3,(H,27,35). The zero-order valence-electron chi connectivity index (χ0n) is 21.0. The summed E-state index contributed by atoms with van der Waals surface area (Å²) < 4.78 is 8.09. The van der Waals surface area contributed by atoms with E-state index in [1.807, 2.05) is 0 Å². The van der Waals surface area contributed by atoms with Crippen molar-refractivity contribution < 1.29 is 19.2 Å². The molecule has 1 aliphatic rings. The highest BCUT2D eigenvalue weighted by atomic mass is 16.6. The smallest absolute Gasteiger partial charge is 0.269 e. The van der Waals surface area contributed by atoms with Crippen LogP contribution in [-0.4, -0.2) is 56.3 Å². The van der Waals surface area contributed by atoms with Crippen LogP contribution in [0.4, 0.5) is 11.4 Å². The van der Waals surface area contributed by atoms with Crippen molar-refractivity contribution in [3.05, 3.63) is 87.1 Å². The quantitative estimate of drug-likeness (QED) is 0.253. The summed E-state index contributed by atoms with van der Waals surface area (Å²) in [5.41, 5.74) is 1.49. The lowest BCUT2D eigenvalue weighted by atomic mass is 10.1. The van der Waals surface area contributed by atoms with E-state index in [1.54, 1.807) is 48.4 Å². The Morgan fingerprint density at radius 1 is 1.15 bits per heavy atom. The first-order valence-electron chi connectivity index (χ1n) is 12.2. The Balaban J connectivity index is 1.18. The van der Waals surface area contributed by atoms with Crippen LogP contribution in [0.1, 0.15) is 12.0 Å². The van der Waals surface area contributed by atoms with Gasteiger partial charge in [-0.05, 0) is 29.8 Å². The van der Waals surface area contributed by atoms with Crippen molar-refractivity contribution >= 4 is 34.2 Å². The monoisotopic (exact) mass is 531 g/mol. The summed E-state index contributed by atoms with van der Waals surface area (Å²) in [7, 11) is 1.57. The van der Waals surface area contributed by atoms with Crippen LogP contribution in [0.25, 0.3) is 11.0 Å². The first-order valence-corrected chi connectivity index (χ1v) is 12.2. The minimum Gasteiger partial charge on any atom is -0.497 e. The first kappa shape index (κ1) is 25.6. The number of carbonyl (C=O) groups is 2. The van der Waals surface area contributed by atoms with Gasteiger partial charge in [0.25, 0.3) is 11.2 Å². The number of nitrogens with one attached hydrogen (secondary N) is 1. The van der Waals surface area contributed by atoms with E-state index < -0.39 is 10.8 Å². The predicted molar refractivity (Wildman–Crippen MR) is 140 cm³/mol. The molecule has 2 aromatic carbocycles. The first-order chi connectivity index (χ1) is 18.8. The van der Waals surface area contributed by atoms with Crippen molar-refractivity contribution in [1.82, 2.24) is 24.6 Å². The van der Waals surface area contributed by atoms with Crippen molar-refractivity contribution in [2.75, 3.05) is 25.1 Å². The molecule has 2 aromatic heterocycles. The topological polar surface area (TPSA) is 154 Å². The molecular formula is C26H25N7O6. The second-order valence-electron chi connectivity index (χ2n) is 9.10. The van der Waals surface area contributed by atoms with Crippen LogP contribution in [0.5, 0.6) is 5.75 Å². The Labute approximate surface area is 221 Å². The number of fused-ring (bicyclic) bond motifs is 1. The van der Waals surface area contributed by atoms with Crippen LogP contribution < -0.4 is 20.5 Å². The number of methoxy groups -OCH3 is 1. The number of ether oxygens (including phenoxy) is 1. The van der Waals surface area contributed by atoms with E-state index in [0.29, 0.717) is 22.5 Å². The van der Waals surface area contributed by atoms with Gasteiger partial charge in [0.05, 0.1) is 37.2 Å². The third-order valence-electron chi connectivity index (χ3n) is 6.63. The molecule has 0 saturated carbocycles. The van der Waals surface area contributed by atoms with Gasteiger partial charge in [-0.1, -0.05) is 12.1 Å². The van der Waals surface area contributed by atoms with Gasteiger partial charge in [-0.15, -0.1) is 0 Å². The highest BCUT2D eigenvalue weighted by Gasteiger charge is 2.35. The van der Waals surface area contributed by atoms with E-state index >= 15 is 0 Å². The average molecular weight is 532 g/mol. The molecule has 0 radical (unpaired) electrons. The van der Waals surface area contributed by atoms with Crippen LogP contribution in [0.15, 0.2) is 65.8 Å². The molecular weight excluding hydrogens is 506 g/mol. The third kappa shape index (κ3) is 5.32. The highest BCUT2D eigenvalue weighted by molar-refractivity contribution is 6.00. The molecule has 0 spiro atoms. The second kappa shape index (κ2) is 10.7. The Kier molecular flexibility index (Phi) is 7.04. The molecule has 200 valence electrons. The highest BCUT2D eigenvalue weighted by Crippen LogP contribution is 2.27. The van der Waals surface area contributed by atoms with Crippen LogP contribution in [0, 0.1) is 16.0 Å². The van der Waals surface area contributed by atoms with Gasteiger partial charge in [0.1, 0.15) is 17.5 Å². The van der Waals surface area contributed by atoms with Crippen LogP contribution in [-0.2, 0) is 22.7 Å². The molecule has 0 bridgehead atoms. The van der Waals surface area contributed by atoms with Crippen LogP contribution in [0.3, 0.4) is 0 Å². The van der Waals surface area contributed by atoms with Gasteiger partial charge >= 0.3 is 0 Å². The molecule has 1 fully saturated rings. The fourth-order valence-electron chi connectivity index (χ4n) is 4.52. The van der Waals surface area contributed by atoms with Gasteiger partial charge in [0.2, 0.25) is 11.8 Å². The fourth-order valence-corrected chi connectivity index (χ4v) is 4.52. The number of carbonyl (C=O) groups excluding carboxylic acids is 2. The number of hydrogen-bond acceptors (Lipinski definition) is 8. The van der Waals surface area contributed by atoms with E-state index in [-0.39, 0.29) is 55.7 Å². The number of rotatable bonds is 9. The number of aromatic nitrogens is 4. The number of anilines is 1. The molecule has 2 amide bonds.